The van der Waals surface area contributed by atoms with E-state index in [-0.39, 0.29) is 5.91 Å². The number of carboxylic acid groups (broad SMARTS) is 1. The van der Waals surface area contributed by atoms with Crippen LogP contribution in [-0.4, -0.2) is 33.6 Å². The molecule has 3 rings (SSSR count). The van der Waals surface area contributed by atoms with E-state index in [1.807, 2.05) is 12.1 Å². The largest absolute Gasteiger partial charge is 0.478 e. The number of nitrogens with one attached hydrogen (secondary N) is 2. The molecule has 0 radical (unpaired) electrons. The number of rotatable bonds is 3. The number of carbonyl (C=O) groups is 3. The van der Waals surface area contributed by atoms with Crippen LogP contribution in [-0.2, 0) is 9.59 Å². The van der Waals surface area contributed by atoms with Crippen molar-refractivity contribution in [3.63, 3.8) is 0 Å². The summed E-state index contributed by atoms with van der Waals surface area (Å²) in [6, 6.07) is 7.15. The number of fused-ring (bicyclic) bond motifs is 1. The first kappa shape index (κ1) is 15.1. The predicted molar refractivity (Wildman–Crippen MR) is 82.4 cm³/mol. The topological polar surface area (TPSA) is 98.7 Å². The average Bonchev–Trinajstić information content (AvgIpc) is 2.98. The van der Waals surface area contributed by atoms with Crippen molar-refractivity contribution in [2.24, 2.45) is 0 Å². The van der Waals surface area contributed by atoms with Crippen molar-refractivity contribution < 1.29 is 19.5 Å². The number of nitrogens with zero attached hydrogens (tertiary/aromatic N) is 1. The van der Waals surface area contributed by atoms with Gasteiger partial charge in [-0.25, -0.2) is 9.80 Å². The van der Waals surface area contributed by atoms with Gasteiger partial charge >= 0.3 is 5.97 Å². The van der Waals surface area contributed by atoms with Crippen LogP contribution in [0.1, 0.15) is 36.0 Å². The van der Waals surface area contributed by atoms with Gasteiger partial charge in [-0.1, -0.05) is 12.1 Å². The summed E-state index contributed by atoms with van der Waals surface area (Å²) in [4.78, 5) is 35.2. The molecule has 0 unspecified atom stereocenters. The monoisotopic (exact) mass is 315 g/mol. The minimum absolute atomic E-state index is 0.293. The standard InChI is InChI=1S/C16H17N3O4/c20-13(7-8-14(21)22)18-19-15(23)11-5-1-2-6-12(11)17-16(19)9-3-4-10-16/h1-2,5-8,17H,3-4,9-10H2,(H,18,20)(H,21,22). The number of carboxylic acids is 1. The van der Waals surface area contributed by atoms with Crippen LogP contribution in [0.3, 0.4) is 0 Å². The molecule has 1 aromatic carbocycles. The summed E-state index contributed by atoms with van der Waals surface area (Å²) >= 11 is 0. The number of benzene rings is 1. The molecule has 2 amide bonds. The number of hydrogen-bond acceptors (Lipinski definition) is 4. The van der Waals surface area contributed by atoms with Crippen LogP contribution < -0.4 is 10.7 Å². The number of aliphatic carboxylic acids is 1. The molecule has 0 aromatic heterocycles. The zero-order valence-corrected chi connectivity index (χ0v) is 12.4. The molecule has 0 bridgehead atoms. The summed E-state index contributed by atoms with van der Waals surface area (Å²) in [6.45, 7) is 0. The minimum atomic E-state index is -1.22. The Bertz CT molecular complexity index is 692. The van der Waals surface area contributed by atoms with E-state index in [0.29, 0.717) is 5.56 Å². The Morgan fingerprint density at radius 3 is 2.61 bits per heavy atom. The van der Waals surface area contributed by atoms with Gasteiger partial charge in [-0.2, -0.15) is 0 Å². The second-order valence-electron chi connectivity index (χ2n) is 5.70. The maximum atomic E-state index is 12.8. The van der Waals surface area contributed by atoms with Gasteiger partial charge in [0.2, 0.25) is 0 Å². The zero-order chi connectivity index (χ0) is 16.4. The molecule has 120 valence electrons. The lowest BCUT2D eigenvalue weighted by atomic mass is 9.99. The van der Waals surface area contributed by atoms with E-state index in [9.17, 15) is 14.4 Å². The summed E-state index contributed by atoms with van der Waals surface area (Å²) in [7, 11) is 0. The Hall–Kier alpha value is -2.83. The minimum Gasteiger partial charge on any atom is -0.478 e. The van der Waals surface area contributed by atoms with Crippen LogP contribution in [0.4, 0.5) is 5.69 Å². The highest BCUT2D eigenvalue weighted by atomic mass is 16.4. The molecule has 0 saturated heterocycles. The second-order valence-corrected chi connectivity index (χ2v) is 5.70. The van der Waals surface area contributed by atoms with Crippen molar-refractivity contribution in [2.45, 2.75) is 31.3 Å². The Labute approximate surface area is 132 Å². The number of amides is 2. The molecule has 7 heteroatoms. The molecule has 1 aromatic rings. The normalized spacial score (nSPS) is 18.8. The van der Waals surface area contributed by atoms with E-state index in [2.05, 4.69) is 10.7 Å². The molecular weight excluding hydrogens is 298 g/mol. The van der Waals surface area contributed by atoms with Crippen molar-refractivity contribution in [1.29, 1.82) is 0 Å². The Kier molecular flexibility index (Phi) is 3.77. The second kappa shape index (κ2) is 5.75. The van der Waals surface area contributed by atoms with E-state index >= 15 is 0 Å². The van der Waals surface area contributed by atoms with Gasteiger partial charge in [0.15, 0.2) is 0 Å². The van der Waals surface area contributed by atoms with E-state index < -0.39 is 17.5 Å². The van der Waals surface area contributed by atoms with E-state index in [1.165, 1.54) is 5.01 Å². The van der Waals surface area contributed by atoms with Gasteiger partial charge in [0, 0.05) is 17.8 Å². The van der Waals surface area contributed by atoms with Crippen LogP contribution in [0.5, 0.6) is 0 Å². The molecule has 1 aliphatic heterocycles. The molecule has 1 fully saturated rings. The number of anilines is 1. The Morgan fingerprint density at radius 2 is 1.91 bits per heavy atom. The fourth-order valence-corrected chi connectivity index (χ4v) is 3.16. The number of hydrazine groups is 1. The molecule has 1 spiro atoms. The van der Waals surface area contributed by atoms with Gasteiger partial charge in [-0.15, -0.1) is 0 Å². The van der Waals surface area contributed by atoms with Gasteiger partial charge < -0.3 is 10.4 Å². The summed E-state index contributed by atoms with van der Waals surface area (Å²) < 4.78 is 0. The lowest BCUT2D eigenvalue weighted by Crippen LogP contribution is -2.64. The molecule has 1 heterocycles. The quantitative estimate of drug-likeness (QED) is 0.734. The lowest BCUT2D eigenvalue weighted by molar-refractivity contribution is -0.132. The van der Waals surface area contributed by atoms with Crippen LogP contribution >= 0.6 is 0 Å². The fraction of sp³-hybridized carbons (Fsp3) is 0.312. The van der Waals surface area contributed by atoms with Crippen LogP contribution in [0, 0.1) is 0 Å². The van der Waals surface area contributed by atoms with Crippen molar-refractivity contribution in [3.8, 4) is 0 Å². The van der Waals surface area contributed by atoms with Crippen LogP contribution in [0.25, 0.3) is 0 Å². The molecule has 1 saturated carbocycles. The van der Waals surface area contributed by atoms with E-state index in [4.69, 9.17) is 5.11 Å². The first-order valence-corrected chi connectivity index (χ1v) is 7.45. The highest BCUT2D eigenvalue weighted by Crippen LogP contribution is 2.40. The highest BCUT2D eigenvalue weighted by molar-refractivity contribution is 6.04. The zero-order valence-electron chi connectivity index (χ0n) is 12.4. The third kappa shape index (κ3) is 2.77. The maximum Gasteiger partial charge on any atom is 0.328 e. The first-order valence-electron chi connectivity index (χ1n) is 7.45. The van der Waals surface area contributed by atoms with Gasteiger partial charge in [0.25, 0.3) is 11.8 Å². The summed E-state index contributed by atoms with van der Waals surface area (Å²) in [5, 5.41) is 13.3. The first-order chi connectivity index (χ1) is 11.0. The molecule has 3 N–H and O–H groups in total. The third-order valence-electron chi connectivity index (χ3n) is 4.19. The lowest BCUT2D eigenvalue weighted by Gasteiger charge is -2.45. The van der Waals surface area contributed by atoms with Crippen molar-refractivity contribution >= 4 is 23.5 Å². The Balaban J connectivity index is 1.91. The summed E-state index contributed by atoms with van der Waals surface area (Å²) in [5.74, 6) is -2.16. The molecule has 0 atom stereocenters. The van der Waals surface area contributed by atoms with Gasteiger partial charge in [-0.3, -0.25) is 15.0 Å². The van der Waals surface area contributed by atoms with Crippen LogP contribution in [0.2, 0.25) is 0 Å². The molecule has 2 aliphatic rings. The number of para-hydroxylation sites is 1. The summed E-state index contributed by atoms with van der Waals surface area (Å²) in [5.41, 5.74) is 3.11. The Morgan fingerprint density at radius 1 is 1.22 bits per heavy atom. The number of hydrogen-bond donors (Lipinski definition) is 3. The third-order valence-corrected chi connectivity index (χ3v) is 4.19. The smallest absolute Gasteiger partial charge is 0.328 e. The molecule has 7 nitrogen and oxygen atoms in total. The fourth-order valence-electron chi connectivity index (χ4n) is 3.16. The SMILES string of the molecule is O=C(O)C=CC(=O)NN1C(=O)c2ccccc2NC12CCCC2. The predicted octanol–water partition coefficient (Wildman–Crippen LogP) is 1.50. The van der Waals surface area contributed by atoms with Gasteiger partial charge in [0.05, 0.1) is 5.56 Å². The van der Waals surface area contributed by atoms with Crippen molar-refractivity contribution in [2.75, 3.05) is 5.32 Å². The summed E-state index contributed by atoms with van der Waals surface area (Å²) in [6.07, 6.45) is 4.97. The maximum absolute atomic E-state index is 12.8. The van der Waals surface area contributed by atoms with Crippen molar-refractivity contribution in [3.05, 3.63) is 42.0 Å². The average molecular weight is 315 g/mol. The van der Waals surface area contributed by atoms with Crippen molar-refractivity contribution in [1.82, 2.24) is 10.4 Å². The highest BCUT2D eigenvalue weighted by Gasteiger charge is 2.47. The molecular formula is C16H17N3O4. The molecule has 23 heavy (non-hydrogen) atoms. The number of carbonyl (C=O) groups excluding carboxylic acids is 2. The van der Waals surface area contributed by atoms with Gasteiger partial charge in [0.1, 0.15) is 5.66 Å². The molecule has 1 aliphatic carbocycles. The van der Waals surface area contributed by atoms with E-state index in [0.717, 1.165) is 43.5 Å². The van der Waals surface area contributed by atoms with Crippen LogP contribution in [0.15, 0.2) is 36.4 Å². The van der Waals surface area contributed by atoms with E-state index in [1.54, 1.807) is 12.1 Å². The van der Waals surface area contributed by atoms with Gasteiger partial charge in [-0.05, 0) is 37.8 Å².